The number of aromatic nitrogens is 2. The van der Waals surface area contributed by atoms with E-state index < -0.39 is 0 Å². The molecule has 1 aromatic carbocycles. The van der Waals surface area contributed by atoms with Gasteiger partial charge in [0.05, 0.1) is 11.2 Å². The van der Waals surface area contributed by atoms with Crippen LogP contribution in [0.5, 0.6) is 0 Å². The predicted octanol–water partition coefficient (Wildman–Crippen LogP) is 2.25. The van der Waals surface area contributed by atoms with Crippen molar-refractivity contribution in [2.24, 2.45) is 5.92 Å². The third-order valence-electron chi connectivity index (χ3n) is 4.80. The average molecular weight is 351 g/mol. The first kappa shape index (κ1) is 16.1. The van der Waals surface area contributed by atoms with E-state index in [4.69, 9.17) is 0 Å². The van der Waals surface area contributed by atoms with Gasteiger partial charge in [-0.25, -0.2) is 4.98 Å². The van der Waals surface area contributed by atoms with E-state index in [1.165, 1.54) is 15.8 Å². The monoisotopic (exact) mass is 351 g/mol. The zero-order chi connectivity index (χ0) is 17.7. The van der Waals surface area contributed by atoms with Crippen molar-refractivity contribution >= 4 is 33.3 Å². The SMILES string of the molecule is Cc1ccc(-n2cnc3c4c(sc3c2=O)=CCC(C)C=4N(C)C)cc1. The van der Waals surface area contributed by atoms with E-state index in [1.54, 1.807) is 22.2 Å². The first-order valence-corrected chi connectivity index (χ1v) is 9.28. The van der Waals surface area contributed by atoms with Gasteiger partial charge in [0.25, 0.3) is 5.56 Å². The Bertz CT molecular complexity index is 1140. The van der Waals surface area contributed by atoms with E-state index in [0.717, 1.165) is 27.5 Å². The van der Waals surface area contributed by atoms with Crippen molar-refractivity contribution in [1.82, 2.24) is 14.5 Å². The standard InChI is InChI=1S/C20H21N3OS/c1-12-5-8-14(9-6-12)23-11-21-17-16-15(25-19(17)20(23)24)10-7-13(2)18(16)22(3)4/h5-6,8-11,13H,7H2,1-4H3. The molecule has 5 heteroatoms. The molecule has 0 saturated carbocycles. The summed E-state index contributed by atoms with van der Waals surface area (Å²) in [6, 6.07) is 7.95. The van der Waals surface area contributed by atoms with Crippen LogP contribution in [0.3, 0.4) is 0 Å². The number of benzene rings is 1. The van der Waals surface area contributed by atoms with Crippen molar-refractivity contribution in [3.05, 3.63) is 56.3 Å². The average Bonchev–Trinajstić information content (AvgIpc) is 2.95. The fraction of sp³-hybridized carbons (Fsp3) is 0.300. The van der Waals surface area contributed by atoms with Crippen LogP contribution in [-0.2, 0) is 0 Å². The van der Waals surface area contributed by atoms with Crippen LogP contribution in [0.25, 0.3) is 27.7 Å². The Kier molecular flexibility index (Phi) is 3.76. The Balaban J connectivity index is 2.06. The van der Waals surface area contributed by atoms with Gasteiger partial charge in [-0.05, 0) is 25.5 Å². The Morgan fingerprint density at radius 3 is 2.64 bits per heavy atom. The van der Waals surface area contributed by atoms with Gasteiger partial charge in [-0.1, -0.05) is 30.7 Å². The van der Waals surface area contributed by atoms with Crippen molar-refractivity contribution < 1.29 is 0 Å². The van der Waals surface area contributed by atoms with Crippen molar-refractivity contribution in [2.45, 2.75) is 20.3 Å². The van der Waals surface area contributed by atoms with Gasteiger partial charge in [-0.3, -0.25) is 9.36 Å². The molecule has 0 saturated heterocycles. The highest BCUT2D eigenvalue weighted by atomic mass is 32.1. The molecule has 0 fully saturated rings. The summed E-state index contributed by atoms with van der Waals surface area (Å²) in [7, 11) is 4.13. The topological polar surface area (TPSA) is 38.1 Å². The van der Waals surface area contributed by atoms with E-state index in [0.29, 0.717) is 5.92 Å². The van der Waals surface area contributed by atoms with Crippen LogP contribution in [0.2, 0.25) is 0 Å². The molecule has 2 aromatic heterocycles. The minimum Gasteiger partial charge on any atom is -0.380 e. The number of nitrogens with zero attached hydrogens (tertiary/aromatic N) is 3. The quantitative estimate of drug-likeness (QED) is 0.711. The van der Waals surface area contributed by atoms with E-state index >= 15 is 0 Å². The molecular formula is C20H21N3OS. The van der Waals surface area contributed by atoms with E-state index in [-0.39, 0.29) is 5.56 Å². The van der Waals surface area contributed by atoms with Gasteiger partial charge in [0.2, 0.25) is 0 Å². The fourth-order valence-corrected chi connectivity index (χ4v) is 4.71. The van der Waals surface area contributed by atoms with Crippen molar-refractivity contribution in [2.75, 3.05) is 14.1 Å². The number of rotatable bonds is 2. The number of aryl methyl sites for hydroxylation is 1. The third kappa shape index (κ3) is 2.50. The maximum Gasteiger partial charge on any atom is 0.275 e. The third-order valence-corrected chi connectivity index (χ3v) is 5.96. The van der Waals surface area contributed by atoms with Gasteiger partial charge in [0.1, 0.15) is 11.0 Å². The smallest absolute Gasteiger partial charge is 0.275 e. The molecule has 25 heavy (non-hydrogen) atoms. The van der Waals surface area contributed by atoms with Crippen LogP contribution in [-0.4, -0.2) is 28.5 Å². The second-order valence-corrected chi connectivity index (χ2v) is 7.95. The minimum absolute atomic E-state index is 0.00686. The molecule has 4 nitrogen and oxygen atoms in total. The van der Waals surface area contributed by atoms with Crippen LogP contribution in [0, 0.1) is 12.8 Å². The zero-order valence-electron chi connectivity index (χ0n) is 14.9. The molecule has 0 aliphatic heterocycles. The van der Waals surface area contributed by atoms with Crippen LogP contribution in [0.4, 0.5) is 0 Å². The maximum absolute atomic E-state index is 13.1. The highest BCUT2D eigenvalue weighted by Gasteiger charge is 2.20. The molecule has 3 aromatic rings. The largest absolute Gasteiger partial charge is 0.380 e. The molecule has 0 bridgehead atoms. The maximum atomic E-state index is 13.1. The molecule has 0 amide bonds. The summed E-state index contributed by atoms with van der Waals surface area (Å²) in [6.07, 6.45) is 4.91. The Morgan fingerprint density at radius 1 is 1.24 bits per heavy atom. The highest BCUT2D eigenvalue weighted by molar-refractivity contribution is 7.16. The number of fused-ring (bicyclic) bond motifs is 3. The van der Waals surface area contributed by atoms with Gasteiger partial charge in [-0.15, -0.1) is 11.3 Å². The molecule has 0 radical (unpaired) electrons. The Labute approximate surface area is 150 Å². The lowest BCUT2D eigenvalue weighted by atomic mass is 9.97. The number of thiophene rings is 1. The van der Waals surface area contributed by atoms with Crippen LogP contribution in [0.15, 0.2) is 35.4 Å². The van der Waals surface area contributed by atoms with Crippen LogP contribution in [0.1, 0.15) is 18.9 Å². The normalized spacial score (nSPS) is 16.6. The Morgan fingerprint density at radius 2 is 1.96 bits per heavy atom. The summed E-state index contributed by atoms with van der Waals surface area (Å²) >= 11 is 1.56. The molecule has 1 aliphatic carbocycles. The minimum atomic E-state index is 0.00686. The van der Waals surface area contributed by atoms with E-state index in [9.17, 15) is 4.79 Å². The van der Waals surface area contributed by atoms with Crippen molar-refractivity contribution in [3.8, 4) is 5.69 Å². The van der Waals surface area contributed by atoms with Crippen molar-refractivity contribution in [3.63, 3.8) is 0 Å². The Hall–Kier alpha value is -2.40. The predicted molar refractivity (Wildman–Crippen MR) is 105 cm³/mol. The van der Waals surface area contributed by atoms with Crippen molar-refractivity contribution in [1.29, 1.82) is 0 Å². The molecule has 128 valence electrons. The lowest BCUT2D eigenvalue weighted by molar-refractivity contribution is 0.516. The van der Waals surface area contributed by atoms with Crippen LogP contribution >= 0.6 is 11.3 Å². The fourth-order valence-electron chi connectivity index (χ4n) is 3.57. The van der Waals surface area contributed by atoms with Gasteiger partial charge < -0.3 is 4.90 Å². The number of hydrogen-bond acceptors (Lipinski definition) is 4. The van der Waals surface area contributed by atoms with Gasteiger partial charge >= 0.3 is 0 Å². The summed E-state index contributed by atoms with van der Waals surface area (Å²) in [5.74, 6) is 0.432. The molecule has 2 heterocycles. The summed E-state index contributed by atoms with van der Waals surface area (Å²) in [4.78, 5) is 19.9. The van der Waals surface area contributed by atoms with Gasteiger partial charge in [0, 0.05) is 35.5 Å². The summed E-state index contributed by atoms with van der Waals surface area (Å²) in [6.45, 7) is 4.27. The molecule has 1 aliphatic rings. The first-order chi connectivity index (χ1) is 12.0. The highest BCUT2D eigenvalue weighted by Crippen LogP contribution is 2.22. The van der Waals surface area contributed by atoms with E-state index in [1.807, 2.05) is 31.2 Å². The van der Waals surface area contributed by atoms with Gasteiger partial charge in [0.15, 0.2) is 0 Å². The second kappa shape index (κ2) is 5.85. The first-order valence-electron chi connectivity index (χ1n) is 8.46. The summed E-state index contributed by atoms with van der Waals surface area (Å²) in [5, 5.41) is 1.14. The van der Waals surface area contributed by atoms with Crippen LogP contribution < -0.4 is 15.3 Å². The zero-order valence-corrected chi connectivity index (χ0v) is 15.7. The van der Waals surface area contributed by atoms with Gasteiger partial charge in [-0.2, -0.15) is 0 Å². The molecule has 1 unspecified atom stereocenters. The van der Waals surface area contributed by atoms with E-state index in [2.05, 4.69) is 37.0 Å². The molecule has 1 atom stereocenters. The second-order valence-electron chi connectivity index (χ2n) is 6.89. The molecule has 0 spiro atoms. The number of hydrogen-bond donors (Lipinski definition) is 0. The lowest BCUT2D eigenvalue weighted by Gasteiger charge is -2.24. The molecule has 4 rings (SSSR count). The summed E-state index contributed by atoms with van der Waals surface area (Å²) in [5.41, 5.74) is 4.13. The lowest BCUT2D eigenvalue weighted by Crippen LogP contribution is -2.35. The summed E-state index contributed by atoms with van der Waals surface area (Å²) < 4.78 is 3.54. The molecule has 0 N–H and O–H groups in total. The molecular weight excluding hydrogens is 330 g/mol.